The summed E-state index contributed by atoms with van der Waals surface area (Å²) in [5.41, 5.74) is 0. The molecule has 63 heavy (non-hydrogen) atoms. The largest absolute Gasteiger partial charge is 0.472 e. The van der Waals surface area contributed by atoms with E-state index in [9.17, 15) is 34.4 Å². The zero-order valence-corrected chi connectivity index (χ0v) is 40.5. The number of quaternary nitrogens is 1. The first-order chi connectivity index (χ1) is 30.2. The maximum absolute atomic E-state index is 12.7. The molecule has 0 aromatic carbocycles. The number of aliphatic hydroxyl groups is 3. The fourth-order valence-corrected chi connectivity index (χ4v) is 7.77. The summed E-state index contributed by atoms with van der Waals surface area (Å²) in [6.07, 6.45) is 38.9. The van der Waals surface area contributed by atoms with Gasteiger partial charge in [-0.2, -0.15) is 0 Å². The van der Waals surface area contributed by atoms with Gasteiger partial charge in [-0.25, -0.2) is 4.57 Å². The second-order valence-electron chi connectivity index (χ2n) is 17.8. The van der Waals surface area contributed by atoms with Crippen LogP contribution in [0, 0.1) is 11.8 Å². The van der Waals surface area contributed by atoms with Crippen LogP contribution in [0.2, 0.25) is 0 Å². The number of hydrogen-bond donors (Lipinski definition) is 4. The van der Waals surface area contributed by atoms with E-state index in [1.807, 2.05) is 39.4 Å². The number of allylic oxidation sites excluding steroid dienone is 10. The Hall–Kier alpha value is -2.67. The number of rotatable bonds is 38. The standard InChI is InChI=1S/C50H86NO11P/c1-6-8-10-11-12-13-14-15-16-17-18-19-20-21-22-23-24-25-31-35-50(56)62-44(42-61-63(57,58)60-39-38-51(3,4)5)41-59-49(55)34-30-27-26-29-33-45-46(48(54)40-47(45)53)37-36-43(52)32-28-9-7-2/h12-13,15-16,18-19,21-22,24-25,36-37,43-48,52-54H,6-11,14,17,20,23,26-35,38-42H2,1-5H3/p+1/b13-12-,16-15-,19-18-,22-21-,25-24-,37-36+/t43-,44+,45+,46+,47-,48+/m0/s1. The Morgan fingerprint density at radius 3 is 1.90 bits per heavy atom. The van der Waals surface area contributed by atoms with E-state index in [2.05, 4.69) is 62.5 Å². The number of carbonyl (C=O) groups excluding carboxylic acids is 2. The minimum atomic E-state index is -4.46. The molecule has 12 nitrogen and oxygen atoms in total. The van der Waals surface area contributed by atoms with E-state index in [-0.39, 0.29) is 37.9 Å². The summed E-state index contributed by atoms with van der Waals surface area (Å²) in [6, 6.07) is 0. The van der Waals surface area contributed by atoms with Crippen LogP contribution in [0.3, 0.4) is 0 Å². The second-order valence-corrected chi connectivity index (χ2v) is 19.2. The summed E-state index contributed by atoms with van der Waals surface area (Å²) < 4.78 is 34.3. The Morgan fingerprint density at radius 2 is 1.29 bits per heavy atom. The lowest BCUT2D eigenvalue weighted by atomic mass is 9.88. The molecule has 0 radical (unpaired) electrons. The first-order valence-corrected chi connectivity index (χ1v) is 25.4. The molecule has 0 bridgehead atoms. The number of aliphatic hydroxyl groups excluding tert-OH is 3. The van der Waals surface area contributed by atoms with Crippen molar-refractivity contribution in [2.24, 2.45) is 11.8 Å². The van der Waals surface area contributed by atoms with Gasteiger partial charge in [-0.15, -0.1) is 0 Å². The molecule has 1 saturated carbocycles. The Balaban J connectivity index is 2.50. The fourth-order valence-electron chi connectivity index (χ4n) is 7.03. The fraction of sp³-hybridized carbons (Fsp3) is 0.720. The average Bonchev–Trinajstić information content (AvgIpc) is 3.50. The highest BCUT2D eigenvalue weighted by Crippen LogP contribution is 2.43. The second kappa shape index (κ2) is 36.5. The van der Waals surface area contributed by atoms with Gasteiger partial charge in [0.05, 0.1) is 46.1 Å². The van der Waals surface area contributed by atoms with Crippen molar-refractivity contribution in [1.29, 1.82) is 0 Å². The van der Waals surface area contributed by atoms with Gasteiger partial charge < -0.3 is 34.2 Å². The number of nitrogens with zero attached hydrogens (tertiary/aromatic N) is 1. The van der Waals surface area contributed by atoms with Crippen LogP contribution in [0.15, 0.2) is 72.9 Å². The van der Waals surface area contributed by atoms with Gasteiger partial charge in [0.2, 0.25) is 0 Å². The molecule has 1 rings (SSSR count). The number of phosphoric ester groups is 1. The van der Waals surface area contributed by atoms with Crippen molar-refractivity contribution in [1.82, 2.24) is 0 Å². The van der Waals surface area contributed by atoms with Crippen LogP contribution in [-0.2, 0) is 32.7 Å². The Morgan fingerprint density at radius 1 is 0.698 bits per heavy atom. The molecule has 13 heteroatoms. The van der Waals surface area contributed by atoms with E-state index >= 15 is 0 Å². The third-order valence-corrected chi connectivity index (χ3v) is 11.8. The summed E-state index contributed by atoms with van der Waals surface area (Å²) in [5, 5.41) is 31.4. The highest BCUT2D eigenvalue weighted by molar-refractivity contribution is 7.47. The molecule has 0 aliphatic heterocycles. The molecule has 7 atom stereocenters. The van der Waals surface area contributed by atoms with Crippen molar-refractivity contribution in [3.8, 4) is 0 Å². The molecular formula is C50H87NO11P+. The van der Waals surface area contributed by atoms with Crippen LogP contribution >= 0.6 is 7.82 Å². The highest BCUT2D eigenvalue weighted by atomic mass is 31.2. The summed E-state index contributed by atoms with van der Waals surface area (Å²) >= 11 is 0. The SMILES string of the molecule is CCCCC/C=C\C/C=C\C/C=C\C/C=C\C/C=C\CCC(=O)O[C@H](COC(=O)CCCCCC[C@@H]1[C@@H](/C=C/[C@@H](O)CCCCC)[C@H](O)C[C@@H]1O)COP(=O)(O)OCC[N+](C)(C)C. The molecule has 4 N–H and O–H groups in total. The van der Waals surface area contributed by atoms with Crippen LogP contribution in [-0.4, -0.2) is 109 Å². The van der Waals surface area contributed by atoms with E-state index in [0.29, 0.717) is 36.7 Å². The zero-order chi connectivity index (χ0) is 46.6. The molecule has 0 amide bonds. The van der Waals surface area contributed by atoms with Crippen molar-refractivity contribution in [3.63, 3.8) is 0 Å². The monoisotopic (exact) mass is 909 g/mol. The number of ether oxygens (including phenoxy) is 2. The number of unbranched alkanes of at least 4 members (excludes halogenated alkanes) is 8. The van der Waals surface area contributed by atoms with Crippen LogP contribution in [0.25, 0.3) is 0 Å². The Bertz CT molecular complexity index is 1420. The molecule has 0 aromatic rings. The highest BCUT2D eigenvalue weighted by Gasteiger charge is 2.39. The van der Waals surface area contributed by atoms with E-state index in [0.717, 1.165) is 70.6 Å². The summed E-state index contributed by atoms with van der Waals surface area (Å²) in [6.45, 7) is 3.95. The Kier molecular flexibility index (Phi) is 33.8. The van der Waals surface area contributed by atoms with Gasteiger partial charge in [-0.05, 0) is 70.1 Å². The third-order valence-electron chi connectivity index (χ3n) is 10.8. The third kappa shape index (κ3) is 33.5. The van der Waals surface area contributed by atoms with E-state index in [4.69, 9.17) is 18.5 Å². The van der Waals surface area contributed by atoms with Crippen molar-refractivity contribution in [2.45, 2.75) is 173 Å². The van der Waals surface area contributed by atoms with Crippen LogP contribution in [0.5, 0.6) is 0 Å². The number of phosphoric acid groups is 1. The smallest absolute Gasteiger partial charge is 0.462 e. The van der Waals surface area contributed by atoms with Gasteiger partial charge in [-0.1, -0.05) is 138 Å². The minimum absolute atomic E-state index is 0.0196. The lowest BCUT2D eigenvalue weighted by Crippen LogP contribution is -2.37. The molecule has 0 saturated heterocycles. The molecule has 0 aromatic heterocycles. The quantitative estimate of drug-likeness (QED) is 0.0153. The molecule has 0 spiro atoms. The normalized spacial score (nSPS) is 20.6. The van der Waals surface area contributed by atoms with Gasteiger partial charge in [0.1, 0.15) is 19.8 Å². The number of hydrogen-bond acceptors (Lipinski definition) is 10. The minimum Gasteiger partial charge on any atom is -0.462 e. The Labute approximate surface area is 381 Å². The van der Waals surface area contributed by atoms with Crippen molar-refractivity contribution in [3.05, 3.63) is 72.9 Å². The maximum atomic E-state index is 12.7. The lowest BCUT2D eigenvalue weighted by Gasteiger charge is -2.24. The van der Waals surface area contributed by atoms with Crippen molar-refractivity contribution in [2.75, 3.05) is 47.5 Å². The lowest BCUT2D eigenvalue weighted by molar-refractivity contribution is -0.870. The van der Waals surface area contributed by atoms with E-state index < -0.39 is 50.8 Å². The molecule has 1 aliphatic rings. The molecule has 0 heterocycles. The molecule has 1 fully saturated rings. The predicted octanol–water partition coefficient (Wildman–Crippen LogP) is 10.2. The topological polar surface area (TPSA) is 169 Å². The van der Waals surface area contributed by atoms with Gasteiger partial charge in [-0.3, -0.25) is 18.6 Å². The number of esters is 2. The van der Waals surface area contributed by atoms with Crippen LogP contribution in [0.1, 0.15) is 149 Å². The number of likely N-dealkylation sites (N-methyl/N-ethyl adjacent to an activating group) is 1. The molecule has 1 unspecified atom stereocenters. The maximum Gasteiger partial charge on any atom is 0.472 e. The first-order valence-electron chi connectivity index (χ1n) is 23.9. The predicted molar refractivity (Wildman–Crippen MR) is 254 cm³/mol. The van der Waals surface area contributed by atoms with Crippen molar-refractivity contribution < 1.29 is 57.4 Å². The first kappa shape index (κ1) is 58.3. The van der Waals surface area contributed by atoms with Gasteiger partial charge in [0.25, 0.3) is 0 Å². The van der Waals surface area contributed by atoms with Crippen LogP contribution < -0.4 is 0 Å². The van der Waals surface area contributed by atoms with Crippen molar-refractivity contribution >= 4 is 19.8 Å². The zero-order valence-electron chi connectivity index (χ0n) is 39.6. The molecule has 362 valence electrons. The molecular weight excluding hydrogens is 822 g/mol. The molecule has 1 aliphatic carbocycles. The summed E-state index contributed by atoms with van der Waals surface area (Å²) in [4.78, 5) is 35.6. The summed E-state index contributed by atoms with van der Waals surface area (Å²) in [7, 11) is 1.30. The van der Waals surface area contributed by atoms with E-state index in [1.54, 1.807) is 6.08 Å². The van der Waals surface area contributed by atoms with Gasteiger partial charge in [0.15, 0.2) is 6.10 Å². The summed E-state index contributed by atoms with van der Waals surface area (Å²) in [5.74, 6) is -1.33. The van der Waals surface area contributed by atoms with E-state index in [1.165, 1.54) is 25.7 Å². The average molecular weight is 909 g/mol. The number of carbonyl (C=O) groups is 2. The van der Waals surface area contributed by atoms with Gasteiger partial charge in [0, 0.05) is 25.2 Å². The van der Waals surface area contributed by atoms with Crippen LogP contribution in [0.4, 0.5) is 0 Å². The van der Waals surface area contributed by atoms with Gasteiger partial charge >= 0.3 is 19.8 Å².